The predicted octanol–water partition coefficient (Wildman–Crippen LogP) is 3.66. The number of Topliss-reactive ketones (excluding diaryl/α,β-unsaturated/α-hetero) is 1. The molecule has 0 spiro atoms. The topological polar surface area (TPSA) is 20.3 Å². The first-order valence-corrected chi connectivity index (χ1v) is 7.17. The maximum Gasteiger partial charge on any atom is 0.179 e. The maximum absolute atomic E-state index is 13.2. The van der Waals surface area contributed by atoms with E-state index in [1.54, 1.807) is 0 Å². The summed E-state index contributed by atoms with van der Waals surface area (Å²) in [7, 11) is 0. The van der Waals surface area contributed by atoms with Crippen LogP contribution >= 0.6 is 0 Å². The largest absolute Gasteiger partial charge is 0.292 e. The summed E-state index contributed by atoms with van der Waals surface area (Å²) >= 11 is 0. The van der Waals surface area contributed by atoms with E-state index in [0.29, 0.717) is 12.0 Å². The smallest absolute Gasteiger partial charge is 0.179 e. The Morgan fingerprint density at radius 1 is 1.30 bits per heavy atom. The van der Waals surface area contributed by atoms with Crippen LogP contribution in [-0.4, -0.2) is 29.3 Å². The lowest BCUT2D eigenvalue weighted by molar-refractivity contribution is 0.0568. The molecule has 1 fully saturated rings. The summed E-state index contributed by atoms with van der Waals surface area (Å²) in [5.41, 5.74) is 0.238. The number of benzene rings is 1. The summed E-state index contributed by atoms with van der Waals surface area (Å²) < 4.78 is 26.2. The van der Waals surface area contributed by atoms with Gasteiger partial charge in [0, 0.05) is 11.6 Å². The molecule has 2 nitrogen and oxygen atoms in total. The van der Waals surface area contributed by atoms with Crippen LogP contribution in [0.4, 0.5) is 8.78 Å². The minimum absolute atomic E-state index is 0.148. The van der Waals surface area contributed by atoms with Gasteiger partial charge in [-0.25, -0.2) is 8.78 Å². The third-order valence-corrected chi connectivity index (χ3v) is 4.50. The zero-order valence-electron chi connectivity index (χ0n) is 12.2. The van der Waals surface area contributed by atoms with Crippen molar-refractivity contribution in [2.45, 2.75) is 45.7 Å². The highest BCUT2D eigenvalue weighted by Crippen LogP contribution is 2.26. The first kappa shape index (κ1) is 15.1. The molecule has 1 heterocycles. The molecular weight excluding hydrogens is 260 g/mol. The van der Waals surface area contributed by atoms with Crippen molar-refractivity contribution in [3.8, 4) is 0 Å². The number of nitrogens with zero attached hydrogens (tertiary/aromatic N) is 1. The van der Waals surface area contributed by atoms with Gasteiger partial charge >= 0.3 is 0 Å². The van der Waals surface area contributed by atoms with Crippen molar-refractivity contribution >= 4 is 5.78 Å². The molecule has 110 valence electrons. The Morgan fingerprint density at radius 3 is 2.65 bits per heavy atom. The third-order valence-electron chi connectivity index (χ3n) is 4.50. The first-order chi connectivity index (χ1) is 9.41. The van der Waals surface area contributed by atoms with Crippen LogP contribution in [-0.2, 0) is 0 Å². The van der Waals surface area contributed by atoms with Gasteiger partial charge in [0.25, 0.3) is 0 Å². The molecule has 4 heteroatoms. The lowest BCUT2D eigenvalue weighted by atomic mass is 9.89. The fourth-order valence-corrected chi connectivity index (χ4v) is 2.96. The van der Waals surface area contributed by atoms with Gasteiger partial charge in [0.15, 0.2) is 17.4 Å². The Hall–Kier alpha value is -1.29. The Labute approximate surface area is 118 Å². The molecule has 0 aromatic heterocycles. The number of ketones is 1. The van der Waals surface area contributed by atoms with Crippen LogP contribution < -0.4 is 0 Å². The van der Waals surface area contributed by atoms with Crippen LogP contribution in [0.3, 0.4) is 0 Å². The van der Waals surface area contributed by atoms with Gasteiger partial charge in [-0.05, 0) is 57.4 Å². The van der Waals surface area contributed by atoms with Gasteiger partial charge in [-0.2, -0.15) is 0 Å². The number of hydrogen-bond donors (Lipinski definition) is 0. The van der Waals surface area contributed by atoms with Gasteiger partial charge in [-0.15, -0.1) is 0 Å². The Bertz CT molecular complexity index is 503. The Balaban J connectivity index is 2.17. The molecule has 1 aromatic carbocycles. The molecular formula is C16H21F2NO. The summed E-state index contributed by atoms with van der Waals surface area (Å²) in [6.07, 6.45) is 2.24. The van der Waals surface area contributed by atoms with Crippen LogP contribution in [0.15, 0.2) is 18.2 Å². The number of likely N-dealkylation sites (tertiary alicyclic amines) is 1. The molecule has 0 amide bonds. The Morgan fingerprint density at radius 2 is 2.00 bits per heavy atom. The van der Waals surface area contributed by atoms with Gasteiger partial charge in [-0.1, -0.05) is 6.92 Å². The molecule has 3 unspecified atom stereocenters. The van der Waals surface area contributed by atoms with Gasteiger partial charge < -0.3 is 0 Å². The second-order valence-electron chi connectivity index (χ2n) is 5.77. The van der Waals surface area contributed by atoms with E-state index in [1.165, 1.54) is 12.5 Å². The molecule has 2 rings (SSSR count). The quantitative estimate of drug-likeness (QED) is 0.788. The van der Waals surface area contributed by atoms with Crippen molar-refractivity contribution in [1.29, 1.82) is 0 Å². The van der Waals surface area contributed by atoms with E-state index < -0.39 is 11.6 Å². The summed E-state index contributed by atoms with van der Waals surface area (Å²) in [5.74, 6) is -1.49. The van der Waals surface area contributed by atoms with Crippen molar-refractivity contribution in [2.75, 3.05) is 6.54 Å². The zero-order valence-corrected chi connectivity index (χ0v) is 12.2. The molecule has 20 heavy (non-hydrogen) atoms. The van der Waals surface area contributed by atoms with E-state index in [1.807, 2.05) is 6.92 Å². The average molecular weight is 281 g/mol. The van der Waals surface area contributed by atoms with E-state index in [2.05, 4.69) is 18.7 Å². The summed E-state index contributed by atoms with van der Waals surface area (Å²) in [6, 6.07) is 3.38. The van der Waals surface area contributed by atoms with Crippen molar-refractivity contribution in [1.82, 2.24) is 4.90 Å². The number of hydrogen-bond acceptors (Lipinski definition) is 2. The van der Waals surface area contributed by atoms with Gasteiger partial charge in [0.05, 0.1) is 6.04 Å². The van der Waals surface area contributed by atoms with Gasteiger partial charge in [0.2, 0.25) is 0 Å². The number of carbonyl (C=O) groups excluding carboxylic acids is 1. The fourth-order valence-electron chi connectivity index (χ4n) is 2.96. The zero-order chi connectivity index (χ0) is 14.9. The summed E-state index contributed by atoms with van der Waals surface area (Å²) in [5, 5.41) is 0. The molecule has 3 atom stereocenters. The van der Waals surface area contributed by atoms with E-state index >= 15 is 0 Å². The molecule has 1 saturated heterocycles. The lowest BCUT2D eigenvalue weighted by Crippen LogP contribution is -2.50. The highest BCUT2D eigenvalue weighted by Gasteiger charge is 2.31. The normalized spacial score (nSPS) is 25.4. The minimum Gasteiger partial charge on any atom is -0.292 e. The van der Waals surface area contributed by atoms with Crippen LogP contribution in [0.1, 0.15) is 44.0 Å². The average Bonchev–Trinajstić information content (AvgIpc) is 2.43. The highest BCUT2D eigenvalue weighted by atomic mass is 19.2. The lowest BCUT2D eigenvalue weighted by Gasteiger charge is -2.41. The molecule has 1 aliphatic rings. The molecule has 0 saturated carbocycles. The van der Waals surface area contributed by atoms with Gasteiger partial charge in [-0.3, -0.25) is 9.69 Å². The van der Waals surface area contributed by atoms with Crippen molar-refractivity contribution < 1.29 is 13.6 Å². The SMILES string of the molecule is CC1CCCN(C(C)C(=O)c2ccc(F)c(F)c2)C1C. The molecule has 0 radical (unpaired) electrons. The van der Waals surface area contributed by atoms with E-state index in [-0.39, 0.29) is 17.4 Å². The third kappa shape index (κ3) is 2.90. The Kier molecular flexibility index (Phi) is 4.53. The first-order valence-electron chi connectivity index (χ1n) is 7.17. The maximum atomic E-state index is 13.2. The van der Waals surface area contributed by atoms with Crippen molar-refractivity contribution in [2.24, 2.45) is 5.92 Å². The van der Waals surface area contributed by atoms with Gasteiger partial charge in [0.1, 0.15) is 0 Å². The minimum atomic E-state index is -0.969. The molecule has 1 aromatic rings. The number of halogens is 2. The summed E-state index contributed by atoms with van der Waals surface area (Å²) in [6.45, 7) is 7.03. The fraction of sp³-hybridized carbons (Fsp3) is 0.562. The van der Waals surface area contributed by atoms with Crippen LogP contribution in [0.25, 0.3) is 0 Å². The summed E-state index contributed by atoms with van der Waals surface area (Å²) in [4.78, 5) is 14.6. The van der Waals surface area contributed by atoms with Crippen LogP contribution in [0.5, 0.6) is 0 Å². The second-order valence-corrected chi connectivity index (χ2v) is 5.77. The number of piperidine rings is 1. The number of carbonyl (C=O) groups is 1. The standard InChI is InChI=1S/C16H21F2NO/c1-10-5-4-8-19(11(10)2)12(3)16(20)13-6-7-14(17)15(18)9-13/h6-7,9-12H,4-5,8H2,1-3H3. The highest BCUT2D eigenvalue weighted by molar-refractivity contribution is 5.99. The predicted molar refractivity (Wildman–Crippen MR) is 74.7 cm³/mol. The molecule has 1 aliphatic heterocycles. The number of rotatable bonds is 3. The molecule has 0 bridgehead atoms. The second kappa shape index (κ2) is 6.00. The monoisotopic (exact) mass is 281 g/mol. The van der Waals surface area contributed by atoms with Crippen LogP contribution in [0.2, 0.25) is 0 Å². The molecule has 0 N–H and O–H groups in total. The van der Waals surface area contributed by atoms with E-state index in [9.17, 15) is 13.6 Å². The molecule has 0 aliphatic carbocycles. The van der Waals surface area contributed by atoms with E-state index in [0.717, 1.165) is 25.1 Å². The van der Waals surface area contributed by atoms with Crippen LogP contribution in [0, 0.1) is 17.6 Å². The van der Waals surface area contributed by atoms with Crippen molar-refractivity contribution in [3.05, 3.63) is 35.4 Å². The van der Waals surface area contributed by atoms with E-state index in [4.69, 9.17) is 0 Å². The van der Waals surface area contributed by atoms with Crippen molar-refractivity contribution in [3.63, 3.8) is 0 Å².